The second kappa shape index (κ2) is 6.67. The lowest BCUT2D eigenvalue weighted by Crippen LogP contribution is -2.36. The van der Waals surface area contributed by atoms with Crippen LogP contribution in [-0.4, -0.2) is 34.6 Å². The number of anilines is 1. The molecule has 2 aliphatic heterocycles. The zero-order valence-electron chi connectivity index (χ0n) is 17.0. The van der Waals surface area contributed by atoms with E-state index in [2.05, 4.69) is 12.2 Å². The summed E-state index contributed by atoms with van der Waals surface area (Å²) >= 11 is 0. The summed E-state index contributed by atoms with van der Waals surface area (Å²) in [6.07, 6.45) is 6.12. The number of aromatic nitrogens is 1. The maximum atomic E-state index is 15.7. The van der Waals surface area contributed by atoms with Crippen molar-refractivity contribution in [1.82, 2.24) is 4.40 Å². The molecule has 0 bridgehead atoms. The van der Waals surface area contributed by atoms with Crippen LogP contribution in [-0.2, 0) is 0 Å². The molecule has 1 fully saturated rings. The summed E-state index contributed by atoms with van der Waals surface area (Å²) in [5.74, 6) is -0.835. The number of aromatic carboxylic acids is 1. The third-order valence-electron chi connectivity index (χ3n) is 6.82. The van der Waals surface area contributed by atoms with Gasteiger partial charge < -0.3 is 20.5 Å². The van der Waals surface area contributed by atoms with Gasteiger partial charge in [-0.05, 0) is 18.4 Å². The molecule has 4 heterocycles. The molecule has 3 aliphatic rings. The number of carboxylic acid groups (broad SMARTS) is 1. The van der Waals surface area contributed by atoms with Crippen molar-refractivity contribution in [1.29, 1.82) is 0 Å². The van der Waals surface area contributed by atoms with Crippen molar-refractivity contribution >= 4 is 17.2 Å². The fourth-order valence-corrected chi connectivity index (χ4v) is 5.34. The maximum Gasteiger partial charge on any atom is 0.341 e. The van der Waals surface area contributed by atoms with Crippen molar-refractivity contribution in [3.05, 3.63) is 70.4 Å². The van der Waals surface area contributed by atoms with Crippen LogP contribution in [0, 0.1) is 17.7 Å². The number of hydrogen-bond acceptors (Lipinski definition) is 5. The molecule has 162 valence electrons. The lowest BCUT2D eigenvalue weighted by atomic mass is 9.83. The quantitative estimate of drug-likeness (QED) is 0.471. The first kappa shape index (κ1) is 19.1. The standard InChI is InChI=1S/C24H20FN3O4/c25-16-11-28-22-19(8-14(23(28)29)24(30)31)32-18-7-2-1-5-13(18)20(22)21(16)27-9-12-4-3-6-17(26)15(12)10-27/h1-5,7-8,11-12,15,17H,6,9-10,26H2,(H,30,31). The fourth-order valence-electron chi connectivity index (χ4n) is 5.34. The Kier molecular flexibility index (Phi) is 3.98. The van der Waals surface area contributed by atoms with E-state index in [1.54, 1.807) is 12.1 Å². The van der Waals surface area contributed by atoms with E-state index in [4.69, 9.17) is 10.5 Å². The molecule has 0 saturated carbocycles. The molecular formula is C24H20FN3O4. The predicted molar refractivity (Wildman–Crippen MR) is 117 cm³/mol. The minimum atomic E-state index is -1.39. The number of benzene rings is 1. The molecule has 6 rings (SSSR count). The second-order valence-corrected chi connectivity index (χ2v) is 8.61. The SMILES string of the molecule is NC1CC=CC2CN(c3c(F)cn4c(=O)c(C(=O)O)cc5c4c3-c3ccccc3O5)CC12. The van der Waals surface area contributed by atoms with E-state index in [9.17, 15) is 14.7 Å². The Bertz CT molecular complexity index is 1400. The van der Waals surface area contributed by atoms with Crippen molar-refractivity contribution in [3.63, 3.8) is 0 Å². The number of para-hydroxylation sites is 1. The molecular weight excluding hydrogens is 413 g/mol. The number of carbonyl (C=O) groups is 1. The highest BCUT2D eigenvalue weighted by atomic mass is 19.1. The molecule has 32 heavy (non-hydrogen) atoms. The third-order valence-corrected chi connectivity index (χ3v) is 6.82. The molecule has 3 unspecified atom stereocenters. The van der Waals surface area contributed by atoms with Crippen LogP contribution >= 0.6 is 0 Å². The van der Waals surface area contributed by atoms with Crippen molar-refractivity contribution in [2.24, 2.45) is 17.6 Å². The Morgan fingerprint density at radius 1 is 1.22 bits per heavy atom. The van der Waals surface area contributed by atoms with E-state index < -0.39 is 22.9 Å². The minimum absolute atomic E-state index is 0.0156. The lowest BCUT2D eigenvalue weighted by molar-refractivity contribution is 0.0694. The normalized spacial score (nSPS) is 23.1. The van der Waals surface area contributed by atoms with Crippen molar-refractivity contribution in [2.45, 2.75) is 12.5 Å². The highest BCUT2D eigenvalue weighted by Gasteiger charge is 2.40. The number of ether oxygens (including phenoxy) is 1. The molecule has 1 saturated heterocycles. The Labute approximate surface area is 182 Å². The van der Waals surface area contributed by atoms with E-state index in [0.29, 0.717) is 41.2 Å². The summed E-state index contributed by atoms with van der Waals surface area (Å²) < 4.78 is 22.7. The van der Waals surface area contributed by atoms with Crippen LogP contribution in [0.15, 0.2) is 53.5 Å². The van der Waals surface area contributed by atoms with Crippen LogP contribution in [0.2, 0.25) is 0 Å². The Balaban J connectivity index is 1.66. The third kappa shape index (κ3) is 2.56. The second-order valence-electron chi connectivity index (χ2n) is 8.61. The Hall–Kier alpha value is -3.65. The molecule has 8 heteroatoms. The van der Waals surface area contributed by atoms with Gasteiger partial charge in [0.05, 0.1) is 11.9 Å². The van der Waals surface area contributed by atoms with Crippen LogP contribution in [0.5, 0.6) is 11.5 Å². The van der Waals surface area contributed by atoms with E-state index >= 15 is 4.39 Å². The van der Waals surface area contributed by atoms with Crippen molar-refractivity contribution in [2.75, 3.05) is 18.0 Å². The van der Waals surface area contributed by atoms with Crippen LogP contribution in [0.1, 0.15) is 16.8 Å². The van der Waals surface area contributed by atoms with E-state index in [0.717, 1.165) is 17.0 Å². The van der Waals surface area contributed by atoms with Gasteiger partial charge in [0.25, 0.3) is 5.56 Å². The monoisotopic (exact) mass is 433 g/mol. The van der Waals surface area contributed by atoms with Gasteiger partial charge >= 0.3 is 5.97 Å². The van der Waals surface area contributed by atoms with Crippen LogP contribution in [0.25, 0.3) is 16.6 Å². The molecule has 7 nitrogen and oxygen atoms in total. The van der Waals surface area contributed by atoms with Gasteiger partial charge in [-0.2, -0.15) is 0 Å². The van der Waals surface area contributed by atoms with Crippen molar-refractivity contribution in [3.8, 4) is 22.6 Å². The van der Waals surface area contributed by atoms with Crippen LogP contribution in [0.3, 0.4) is 0 Å². The number of nitrogens with two attached hydrogens (primary N) is 1. The molecule has 1 aromatic carbocycles. The zero-order chi connectivity index (χ0) is 22.1. The van der Waals surface area contributed by atoms with Gasteiger partial charge in [0.1, 0.15) is 16.8 Å². The summed E-state index contributed by atoms with van der Waals surface area (Å²) in [5.41, 5.74) is 7.01. The summed E-state index contributed by atoms with van der Waals surface area (Å²) in [6.45, 7) is 1.22. The summed E-state index contributed by atoms with van der Waals surface area (Å²) in [5, 5.41) is 9.48. The maximum absolute atomic E-state index is 15.7. The van der Waals surface area contributed by atoms with Crippen LogP contribution in [0.4, 0.5) is 10.1 Å². The number of halogens is 1. The van der Waals surface area contributed by atoms with Gasteiger partial charge in [0.2, 0.25) is 0 Å². The molecule has 0 radical (unpaired) electrons. The fraction of sp³-hybridized carbons (Fsp3) is 0.250. The smallest absolute Gasteiger partial charge is 0.341 e. The first-order valence-electron chi connectivity index (χ1n) is 10.5. The Morgan fingerprint density at radius 2 is 2.03 bits per heavy atom. The van der Waals surface area contributed by atoms with Crippen LogP contribution < -0.4 is 20.9 Å². The first-order chi connectivity index (χ1) is 15.4. The average molecular weight is 433 g/mol. The van der Waals surface area contributed by atoms with Gasteiger partial charge in [-0.15, -0.1) is 0 Å². The van der Waals surface area contributed by atoms with Gasteiger partial charge in [0.15, 0.2) is 11.6 Å². The predicted octanol–water partition coefficient (Wildman–Crippen LogP) is 3.25. The first-order valence-corrected chi connectivity index (χ1v) is 10.5. The molecule has 3 aromatic rings. The molecule has 2 aromatic heterocycles. The highest BCUT2D eigenvalue weighted by molar-refractivity contribution is 6.00. The summed E-state index contributed by atoms with van der Waals surface area (Å²) in [7, 11) is 0. The number of carboxylic acids is 1. The van der Waals surface area contributed by atoms with Crippen molar-refractivity contribution < 1.29 is 19.0 Å². The number of hydrogen-bond donors (Lipinski definition) is 2. The number of rotatable bonds is 2. The average Bonchev–Trinajstić information content (AvgIpc) is 3.20. The van der Waals surface area contributed by atoms with E-state index in [1.807, 2.05) is 17.0 Å². The van der Waals surface area contributed by atoms with Gasteiger partial charge in [-0.25, -0.2) is 9.18 Å². The van der Waals surface area contributed by atoms with E-state index in [1.165, 1.54) is 6.07 Å². The largest absolute Gasteiger partial charge is 0.477 e. The molecule has 0 spiro atoms. The topological polar surface area (TPSA) is 97.3 Å². The van der Waals surface area contributed by atoms with Gasteiger partial charge in [-0.3, -0.25) is 9.20 Å². The lowest BCUT2D eigenvalue weighted by Gasteiger charge is -2.29. The number of pyridine rings is 2. The minimum Gasteiger partial charge on any atom is -0.477 e. The highest BCUT2D eigenvalue weighted by Crippen LogP contribution is 2.50. The Morgan fingerprint density at radius 3 is 2.81 bits per heavy atom. The van der Waals surface area contributed by atoms with Gasteiger partial charge in [-0.1, -0.05) is 30.4 Å². The molecule has 3 atom stereocenters. The molecule has 1 aliphatic carbocycles. The number of fused-ring (bicyclic) bond motifs is 3. The summed E-state index contributed by atoms with van der Waals surface area (Å²) in [6, 6.07) is 8.43. The summed E-state index contributed by atoms with van der Waals surface area (Å²) in [4.78, 5) is 26.5. The molecule has 0 amide bonds. The number of nitrogens with zero attached hydrogens (tertiary/aromatic N) is 2. The zero-order valence-corrected chi connectivity index (χ0v) is 17.0. The van der Waals surface area contributed by atoms with E-state index in [-0.39, 0.29) is 23.6 Å². The van der Waals surface area contributed by atoms with Gasteiger partial charge in [0, 0.05) is 42.2 Å². The molecule has 3 N–H and O–H groups in total.